The average Bonchev–Trinajstić information content (AvgIpc) is 2.64. The topological polar surface area (TPSA) is 121 Å². The largest absolute Gasteiger partial charge is 0.307 e. The summed E-state index contributed by atoms with van der Waals surface area (Å²) in [5.74, 6) is -0.206. The van der Waals surface area contributed by atoms with Gasteiger partial charge in [0.05, 0.1) is 4.92 Å². The number of nitro groups is 1. The molecular weight excluding hydrogens is 188 g/mol. The molecule has 1 aromatic rings. The van der Waals surface area contributed by atoms with Crippen molar-refractivity contribution in [3.8, 4) is 0 Å². The Morgan fingerprint density at radius 2 is 2.50 bits per heavy atom. The summed E-state index contributed by atoms with van der Waals surface area (Å²) in [7, 11) is 0. The second kappa shape index (κ2) is 3.73. The minimum absolute atomic E-state index is 0.144. The number of rotatable bonds is 3. The standard InChI is InChI=1S/C6H8N6O2/c1-4(6(7)10-8)11-3-5(2-9-11)12(13)14/h2-4,7-8H,1H3. The first kappa shape index (κ1) is 9.96. The van der Waals surface area contributed by atoms with E-state index >= 15 is 0 Å². The fourth-order valence-corrected chi connectivity index (χ4v) is 0.853. The summed E-state index contributed by atoms with van der Waals surface area (Å²) in [5, 5.41) is 24.1. The van der Waals surface area contributed by atoms with Crippen molar-refractivity contribution < 1.29 is 4.92 Å². The highest BCUT2D eigenvalue weighted by Gasteiger charge is 2.15. The van der Waals surface area contributed by atoms with E-state index in [2.05, 4.69) is 10.2 Å². The smallest absolute Gasteiger partial charge is 0.283 e. The lowest BCUT2D eigenvalue weighted by Gasteiger charge is -2.07. The molecule has 1 rings (SSSR count). The number of nitrogens with one attached hydrogen (secondary N) is 2. The predicted molar refractivity (Wildman–Crippen MR) is 46.5 cm³/mol. The fourth-order valence-electron chi connectivity index (χ4n) is 0.853. The van der Waals surface area contributed by atoms with Crippen LogP contribution in [0.15, 0.2) is 17.5 Å². The Bertz CT molecular complexity index is 383. The van der Waals surface area contributed by atoms with Gasteiger partial charge in [-0.05, 0) is 6.92 Å². The molecule has 0 aliphatic carbocycles. The number of hydrogen-bond acceptors (Lipinski definition) is 5. The molecule has 2 N–H and O–H groups in total. The van der Waals surface area contributed by atoms with Gasteiger partial charge in [-0.3, -0.25) is 20.2 Å². The molecule has 0 radical (unpaired) electrons. The summed E-state index contributed by atoms with van der Waals surface area (Å²) in [6, 6.07) is -0.568. The van der Waals surface area contributed by atoms with Crippen molar-refractivity contribution in [3.05, 3.63) is 22.5 Å². The van der Waals surface area contributed by atoms with Crippen LogP contribution in [0.1, 0.15) is 13.0 Å². The van der Waals surface area contributed by atoms with Gasteiger partial charge in [-0.2, -0.15) is 5.10 Å². The van der Waals surface area contributed by atoms with E-state index in [1.807, 2.05) is 0 Å². The molecule has 0 saturated heterocycles. The van der Waals surface area contributed by atoms with Gasteiger partial charge in [-0.25, -0.2) is 5.53 Å². The first-order valence-corrected chi connectivity index (χ1v) is 3.70. The molecule has 1 heterocycles. The van der Waals surface area contributed by atoms with Crippen molar-refractivity contribution in [1.29, 1.82) is 10.9 Å². The Morgan fingerprint density at radius 3 is 2.93 bits per heavy atom. The molecule has 0 aliphatic heterocycles. The van der Waals surface area contributed by atoms with Gasteiger partial charge < -0.3 is 0 Å². The SMILES string of the molecule is CC(C(=N)N=N)n1cc([N+](=O)[O-])cn1. The summed E-state index contributed by atoms with van der Waals surface area (Å²) in [6.45, 7) is 1.58. The summed E-state index contributed by atoms with van der Waals surface area (Å²) in [4.78, 5) is 9.74. The normalized spacial score (nSPS) is 12.1. The van der Waals surface area contributed by atoms with Crippen molar-refractivity contribution >= 4 is 11.5 Å². The molecule has 14 heavy (non-hydrogen) atoms. The van der Waals surface area contributed by atoms with Crippen LogP contribution in [0, 0.1) is 21.1 Å². The number of amidine groups is 1. The maximum absolute atomic E-state index is 10.3. The lowest BCUT2D eigenvalue weighted by molar-refractivity contribution is -0.385. The highest BCUT2D eigenvalue weighted by molar-refractivity contribution is 5.82. The van der Waals surface area contributed by atoms with E-state index in [-0.39, 0.29) is 11.5 Å². The van der Waals surface area contributed by atoms with E-state index in [1.165, 1.54) is 10.9 Å². The van der Waals surface area contributed by atoms with Gasteiger partial charge >= 0.3 is 5.69 Å². The molecule has 1 aromatic heterocycles. The predicted octanol–water partition coefficient (Wildman–Crippen LogP) is 1.36. The number of nitrogens with zero attached hydrogens (tertiary/aromatic N) is 4. The zero-order chi connectivity index (χ0) is 10.7. The van der Waals surface area contributed by atoms with Crippen LogP contribution in [0.4, 0.5) is 5.69 Å². The van der Waals surface area contributed by atoms with Crippen LogP contribution in [0.3, 0.4) is 0 Å². The van der Waals surface area contributed by atoms with Gasteiger partial charge in [0.1, 0.15) is 18.4 Å². The molecule has 74 valence electrons. The Morgan fingerprint density at radius 1 is 1.86 bits per heavy atom. The van der Waals surface area contributed by atoms with Gasteiger partial charge in [0.25, 0.3) is 0 Å². The van der Waals surface area contributed by atoms with E-state index in [0.717, 1.165) is 6.20 Å². The lowest BCUT2D eigenvalue weighted by atomic mass is 10.3. The summed E-state index contributed by atoms with van der Waals surface area (Å²) >= 11 is 0. The molecule has 8 heteroatoms. The maximum atomic E-state index is 10.3. The third-order valence-electron chi connectivity index (χ3n) is 1.71. The van der Waals surface area contributed by atoms with Gasteiger partial charge in [0.15, 0.2) is 5.84 Å². The first-order valence-electron chi connectivity index (χ1n) is 3.70. The second-order valence-electron chi connectivity index (χ2n) is 2.61. The number of aromatic nitrogens is 2. The second-order valence-corrected chi connectivity index (χ2v) is 2.61. The molecule has 0 aliphatic rings. The third-order valence-corrected chi connectivity index (χ3v) is 1.71. The number of hydrogen-bond donors (Lipinski definition) is 2. The molecule has 0 spiro atoms. The van der Waals surface area contributed by atoms with Crippen LogP contribution >= 0.6 is 0 Å². The van der Waals surface area contributed by atoms with Crippen molar-refractivity contribution in [2.24, 2.45) is 5.11 Å². The molecule has 0 amide bonds. The highest BCUT2D eigenvalue weighted by Crippen LogP contribution is 2.13. The lowest BCUT2D eigenvalue weighted by Crippen LogP contribution is -2.13. The molecule has 0 aromatic carbocycles. The summed E-state index contributed by atoms with van der Waals surface area (Å²) in [6.07, 6.45) is 2.29. The van der Waals surface area contributed by atoms with Crippen LogP contribution in [-0.4, -0.2) is 20.5 Å². The van der Waals surface area contributed by atoms with Crippen molar-refractivity contribution in [2.45, 2.75) is 13.0 Å². The van der Waals surface area contributed by atoms with Crippen LogP contribution in [0.25, 0.3) is 0 Å². The molecular formula is C6H8N6O2. The molecule has 0 fully saturated rings. The van der Waals surface area contributed by atoms with Crippen LogP contribution < -0.4 is 0 Å². The van der Waals surface area contributed by atoms with Crippen molar-refractivity contribution in [3.63, 3.8) is 0 Å². The van der Waals surface area contributed by atoms with Gasteiger partial charge in [-0.15, -0.1) is 5.11 Å². The van der Waals surface area contributed by atoms with Crippen molar-refractivity contribution in [2.75, 3.05) is 0 Å². The summed E-state index contributed by atoms with van der Waals surface area (Å²) < 4.78 is 1.22. The van der Waals surface area contributed by atoms with Gasteiger partial charge in [0.2, 0.25) is 0 Å². The zero-order valence-corrected chi connectivity index (χ0v) is 7.34. The maximum Gasteiger partial charge on any atom is 0.307 e. The molecule has 1 unspecified atom stereocenters. The average molecular weight is 196 g/mol. The van der Waals surface area contributed by atoms with Crippen LogP contribution in [-0.2, 0) is 0 Å². The fraction of sp³-hybridized carbons (Fsp3) is 0.333. The monoisotopic (exact) mass is 196 g/mol. The van der Waals surface area contributed by atoms with E-state index in [1.54, 1.807) is 6.92 Å². The minimum atomic E-state index is -0.572. The Labute approximate surface area is 78.7 Å². The first-order chi connectivity index (χ1) is 6.56. The molecule has 1 atom stereocenters. The van der Waals surface area contributed by atoms with E-state index in [4.69, 9.17) is 10.9 Å². The molecule has 0 saturated carbocycles. The third kappa shape index (κ3) is 1.79. The molecule has 8 nitrogen and oxygen atoms in total. The van der Waals surface area contributed by atoms with Crippen LogP contribution in [0.2, 0.25) is 0 Å². The van der Waals surface area contributed by atoms with E-state index in [9.17, 15) is 10.1 Å². The molecule has 0 bridgehead atoms. The van der Waals surface area contributed by atoms with Gasteiger partial charge in [-0.1, -0.05) is 0 Å². The van der Waals surface area contributed by atoms with Crippen molar-refractivity contribution in [1.82, 2.24) is 9.78 Å². The Kier molecular flexibility index (Phi) is 2.65. The van der Waals surface area contributed by atoms with Crippen LogP contribution in [0.5, 0.6) is 0 Å². The quantitative estimate of drug-likeness (QED) is 0.249. The highest BCUT2D eigenvalue weighted by atomic mass is 16.6. The van der Waals surface area contributed by atoms with Gasteiger partial charge in [0, 0.05) is 0 Å². The Balaban J connectivity index is 2.91. The zero-order valence-electron chi connectivity index (χ0n) is 7.34. The Hall–Kier alpha value is -2.12. The summed E-state index contributed by atoms with van der Waals surface area (Å²) in [5.41, 5.74) is 6.46. The van der Waals surface area contributed by atoms with E-state index in [0.29, 0.717) is 0 Å². The minimum Gasteiger partial charge on any atom is -0.283 e. The van der Waals surface area contributed by atoms with E-state index < -0.39 is 11.0 Å².